The lowest BCUT2D eigenvalue weighted by molar-refractivity contribution is 0.621. The maximum atomic E-state index is 13.0. The molecule has 1 aromatic heterocycles. The van der Waals surface area contributed by atoms with Gasteiger partial charge in [0.1, 0.15) is 5.82 Å². The van der Waals surface area contributed by atoms with E-state index in [1.807, 2.05) is 24.6 Å². The third-order valence-electron chi connectivity index (χ3n) is 3.16. The number of halogens is 1. The molecule has 0 aliphatic carbocycles. The van der Waals surface area contributed by atoms with Crippen LogP contribution in [-0.2, 0) is 12.8 Å². The van der Waals surface area contributed by atoms with Gasteiger partial charge in [0.05, 0.1) is 0 Å². The van der Waals surface area contributed by atoms with Crippen LogP contribution in [0.4, 0.5) is 4.39 Å². The minimum absolute atomic E-state index is 0.145. The van der Waals surface area contributed by atoms with Crippen LogP contribution in [0.2, 0.25) is 0 Å². The third kappa shape index (κ3) is 4.93. The van der Waals surface area contributed by atoms with E-state index >= 15 is 0 Å². The fourth-order valence-electron chi connectivity index (χ4n) is 2.12. The molecule has 0 atom stereocenters. The molecule has 0 amide bonds. The molecule has 0 saturated heterocycles. The van der Waals surface area contributed by atoms with E-state index < -0.39 is 0 Å². The zero-order valence-corrected chi connectivity index (χ0v) is 12.5. The van der Waals surface area contributed by atoms with Gasteiger partial charge in [-0.05, 0) is 55.7 Å². The van der Waals surface area contributed by atoms with E-state index in [-0.39, 0.29) is 5.82 Å². The second kappa shape index (κ2) is 8.00. The van der Waals surface area contributed by atoms with Crippen molar-refractivity contribution in [3.05, 3.63) is 53.6 Å². The normalized spacial score (nSPS) is 10.7. The van der Waals surface area contributed by atoms with Crippen molar-refractivity contribution < 1.29 is 4.39 Å². The largest absolute Gasteiger partial charge is 0.231 e. The van der Waals surface area contributed by atoms with Gasteiger partial charge in [-0.1, -0.05) is 30.3 Å². The van der Waals surface area contributed by atoms with Gasteiger partial charge in [0.25, 0.3) is 0 Å². The molecule has 2 aromatic rings. The molecule has 2 nitrogen and oxygen atoms in total. The van der Waals surface area contributed by atoms with E-state index in [2.05, 4.69) is 9.97 Å². The quantitative estimate of drug-likeness (QED) is 0.432. The number of unbranched alkanes of at least 4 members (excludes halogenated alkanes) is 2. The lowest BCUT2D eigenvalue weighted by Crippen LogP contribution is -1.94. The molecule has 0 fully saturated rings. The molecule has 106 valence electrons. The van der Waals surface area contributed by atoms with Crippen molar-refractivity contribution >= 4 is 11.8 Å². The van der Waals surface area contributed by atoms with Crippen molar-refractivity contribution in [3.8, 4) is 0 Å². The molecule has 0 spiro atoms. The van der Waals surface area contributed by atoms with Crippen LogP contribution >= 0.6 is 11.8 Å². The average molecular weight is 290 g/mol. The summed E-state index contributed by atoms with van der Waals surface area (Å²) in [5.74, 6) is -0.145. The standard InChI is InChI=1S/C16H19FN2S/c1-20-16-18-11-10-15(19-16)9-4-2-3-6-13-7-5-8-14(17)12-13/h5,7-8,10-12H,2-4,6,9H2,1H3. The van der Waals surface area contributed by atoms with Crippen LogP contribution in [-0.4, -0.2) is 16.2 Å². The number of nitrogens with zero attached hydrogens (tertiary/aromatic N) is 2. The molecule has 0 aliphatic rings. The maximum absolute atomic E-state index is 13.0. The monoisotopic (exact) mass is 290 g/mol. The molecule has 20 heavy (non-hydrogen) atoms. The number of rotatable bonds is 7. The van der Waals surface area contributed by atoms with Crippen molar-refractivity contribution in [2.75, 3.05) is 6.26 Å². The first-order chi connectivity index (χ1) is 9.78. The molecule has 0 unspecified atom stereocenters. The number of hydrogen-bond acceptors (Lipinski definition) is 3. The Morgan fingerprint density at radius 2 is 1.95 bits per heavy atom. The predicted molar refractivity (Wildman–Crippen MR) is 81.5 cm³/mol. The second-order valence-electron chi connectivity index (χ2n) is 4.73. The zero-order valence-electron chi connectivity index (χ0n) is 11.7. The van der Waals surface area contributed by atoms with Crippen LogP contribution in [0, 0.1) is 5.82 Å². The van der Waals surface area contributed by atoms with E-state index in [4.69, 9.17) is 0 Å². The van der Waals surface area contributed by atoms with Crippen LogP contribution in [0.5, 0.6) is 0 Å². The molecule has 2 rings (SSSR count). The molecular weight excluding hydrogens is 271 g/mol. The van der Waals surface area contributed by atoms with E-state index in [1.54, 1.807) is 23.9 Å². The van der Waals surface area contributed by atoms with Crippen molar-refractivity contribution in [1.29, 1.82) is 0 Å². The molecule has 1 aromatic carbocycles. The Labute approximate surface area is 123 Å². The number of hydrogen-bond donors (Lipinski definition) is 0. The average Bonchev–Trinajstić information content (AvgIpc) is 2.47. The highest BCUT2D eigenvalue weighted by Gasteiger charge is 1.99. The van der Waals surface area contributed by atoms with Crippen molar-refractivity contribution in [2.24, 2.45) is 0 Å². The summed E-state index contributed by atoms with van der Waals surface area (Å²) in [7, 11) is 0. The van der Waals surface area contributed by atoms with Gasteiger partial charge in [0.15, 0.2) is 5.16 Å². The summed E-state index contributed by atoms with van der Waals surface area (Å²) in [6.45, 7) is 0. The van der Waals surface area contributed by atoms with E-state index in [9.17, 15) is 4.39 Å². The highest BCUT2D eigenvalue weighted by Crippen LogP contribution is 2.12. The smallest absolute Gasteiger partial charge is 0.187 e. The fraction of sp³-hybridized carbons (Fsp3) is 0.375. The van der Waals surface area contributed by atoms with Crippen LogP contribution in [0.25, 0.3) is 0 Å². The summed E-state index contributed by atoms with van der Waals surface area (Å²) < 4.78 is 13.0. The highest BCUT2D eigenvalue weighted by molar-refractivity contribution is 7.98. The first-order valence-electron chi connectivity index (χ1n) is 6.88. The van der Waals surface area contributed by atoms with Crippen molar-refractivity contribution in [2.45, 2.75) is 37.3 Å². The first kappa shape index (κ1) is 15.0. The zero-order chi connectivity index (χ0) is 14.2. The van der Waals surface area contributed by atoms with Gasteiger partial charge < -0.3 is 0 Å². The van der Waals surface area contributed by atoms with Gasteiger partial charge in [0.2, 0.25) is 0 Å². The van der Waals surface area contributed by atoms with E-state index in [0.717, 1.165) is 48.5 Å². The van der Waals surface area contributed by atoms with Gasteiger partial charge in [-0.3, -0.25) is 0 Å². The first-order valence-corrected chi connectivity index (χ1v) is 8.11. The number of benzene rings is 1. The van der Waals surface area contributed by atoms with Crippen LogP contribution < -0.4 is 0 Å². The van der Waals surface area contributed by atoms with Gasteiger partial charge in [-0.15, -0.1) is 0 Å². The Bertz CT molecular complexity index is 546. The Balaban J connectivity index is 1.68. The Kier molecular flexibility index (Phi) is 5.99. The van der Waals surface area contributed by atoms with Crippen molar-refractivity contribution in [1.82, 2.24) is 9.97 Å². The SMILES string of the molecule is CSc1nccc(CCCCCc2cccc(F)c2)n1. The molecule has 4 heteroatoms. The Morgan fingerprint density at radius 1 is 1.10 bits per heavy atom. The molecule has 1 heterocycles. The molecular formula is C16H19FN2S. The molecule has 0 radical (unpaired) electrons. The third-order valence-corrected chi connectivity index (χ3v) is 3.72. The highest BCUT2D eigenvalue weighted by atomic mass is 32.2. The minimum atomic E-state index is -0.145. The second-order valence-corrected chi connectivity index (χ2v) is 5.50. The Morgan fingerprint density at radius 3 is 2.75 bits per heavy atom. The lowest BCUT2D eigenvalue weighted by Gasteiger charge is -2.03. The van der Waals surface area contributed by atoms with E-state index in [1.165, 1.54) is 6.07 Å². The molecule has 0 N–H and O–H groups in total. The predicted octanol–water partition coefficient (Wildman–Crippen LogP) is 4.29. The topological polar surface area (TPSA) is 25.8 Å². The summed E-state index contributed by atoms with van der Waals surface area (Å²) in [5.41, 5.74) is 2.19. The van der Waals surface area contributed by atoms with Gasteiger partial charge in [0, 0.05) is 11.9 Å². The molecule has 0 bridgehead atoms. The fourth-order valence-corrected chi connectivity index (χ4v) is 2.49. The Hall–Kier alpha value is -1.42. The van der Waals surface area contributed by atoms with Crippen LogP contribution in [0.3, 0.4) is 0 Å². The van der Waals surface area contributed by atoms with Crippen molar-refractivity contribution in [3.63, 3.8) is 0 Å². The molecule has 0 aliphatic heterocycles. The van der Waals surface area contributed by atoms with Crippen LogP contribution in [0.15, 0.2) is 41.7 Å². The minimum Gasteiger partial charge on any atom is -0.231 e. The summed E-state index contributed by atoms with van der Waals surface area (Å²) >= 11 is 1.57. The molecule has 0 saturated carbocycles. The van der Waals surface area contributed by atoms with Gasteiger partial charge in [-0.2, -0.15) is 0 Å². The summed E-state index contributed by atoms with van der Waals surface area (Å²) in [6, 6.07) is 8.84. The van der Waals surface area contributed by atoms with Gasteiger partial charge in [-0.25, -0.2) is 14.4 Å². The van der Waals surface area contributed by atoms with Crippen LogP contribution in [0.1, 0.15) is 30.5 Å². The van der Waals surface area contributed by atoms with E-state index in [0.29, 0.717) is 0 Å². The van der Waals surface area contributed by atoms with Gasteiger partial charge >= 0.3 is 0 Å². The summed E-state index contributed by atoms with van der Waals surface area (Å²) in [4.78, 5) is 8.63. The number of aryl methyl sites for hydroxylation is 2. The summed E-state index contributed by atoms with van der Waals surface area (Å²) in [5, 5.41) is 0.835. The number of aromatic nitrogens is 2. The lowest BCUT2D eigenvalue weighted by atomic mass is 10.1. The summed E-state index contributed by atoms with van der Waals surface area (Å²) in [6.07, 6.45) is 9.06. The maximum Gasteiger partial charge on any atom is 0.187 e. The number of thioether (sulfide) groups is 1.